The van der Waals surface area contributed by atoms with Crippen LogP contribution in [0.1, 0.15) is 22.8 Å². The smallest absolute Gasteiger partial charge is 0.420 e. The quantitative estimate of drug-likeness (QED) is 0.487. The number of carbonyl (C=O) groups is 2. The van der Waals surface area contributed by atoms with Crippen LogP contribution in [-0.2, 0) is 9.53 Å². The zero-order chi connectivity index (χ0) is 16.0. The number of alkyl halides is 3. The molecule has 1 aromatic carbocycles. The highest BCUT2D eigenvalue weighted by atomic mass is 19.4. The Hall–Kier alpha value is -2.62. The van der Waals surface area contributed by atoms with Gasteiger partial charge in [-0.3, -0.25) is 4.79 Å². The summed E-state index contributed by atoms with van der Waals surface area (Å²) in [5.41, 5.74) is -1.69. The fourth-order valence-corrected chi connectivity index (χ4v) is 1.43. The molecular weight excluding hydrogens is 287 g/mol. The number of benzene rings is 1. The number of allylic oxidation sites excluding steroid dienone is 1. The monoisotopic (exact) mass is 297 g/mol. The van der Waals surface area contributed by atoms with Gasteiger partial charge in [-0.05, 0) is 31.2 Å². The van der Waals surface area contributed by atoms with Crippen molar-refractivity contribution in [3.05, 3.63) is 47.0 Å². The summed E-state index contributed by atoms with van der Waals surface area (Å²) in [6, 6.07) is 6.38. The lowest BCUT2D eigenvalue weighted by Gasteiger charge is -2.10. The van der Waals surface area contributed by atoms with Crippen LogP contribution >= 0.6 is 0 Å². The average molecular weight is 297 g/mol. The molecule has 0 saturated heterocycles. The van der Waals surface area contributed by atoms with Crippen molar-refractivity contribution < 1.29 is 27.5 Å². The molecule has 7 heteroatoms. The Balaban J connectivity index is 3.17. The predicted molar refractivity (Wildman–Crippen MR) is 66.3 cm³/mol. The lowest BCUT2D eigenvalue weighted by atomic mass is 10.0. The second-order valence-electron chi connectivity index (χ2n) is 3.83. The van der Waals surface area contributed by atoms with Crippen LogP contribution in [0.4, 0.5) is 13.2 Å². The van der Waals surface area contributed by atoms with E-state index in [0.29, 0.717) is 0 Å². The Morgan fingerprint density at radius 3 is 2.29 bits per heavy atom. The maximum Gasteiger partial charge on any atom is 0.420 e. The third-order valence-corrected chi connectivity index (χ3v) is 2.37. The van der Waals surface area contributed by atoms with E-state index < -0.39 is 23.5 Å². The topological polar surface area (TPSA) is 67.2 Å². The van der Waals surface area contributed by atoms with E-state index in [0.717, 1.165) is 12.1 Å². The van der Waals surface area contributed by atoms with E-state index in [2.05, 4.69) is 4.74 Å². The van der Waals surface area contributed by atoms with Crippen LogP contribution in [0.25, 0.3) is 0 Å². The maximum atomic E-state index is 12.9. The van der Waals surface area contributed by atoms with Gasteiger partial charge in [0.15, 0.2) is 5.78 Å². The van der Waals surface area contributed by atoms with Crippen LogP contribution < -0.4 is 0 Å². The summed E-state index contributed by atoms with van der Waals surface area (Å²) in [6.07, 6.45) is -4.86. The van der Waals surface area contributed by atoms with Crippen molar-refractivity contribution in [1.29, 1.82) is 5.26 Å². The Bertz CT molecular complexity index is 610. The fourth-order valence-electron chi connectivity index (χ4n) is 1.43. The van der Waals surface area contributed by atoms with Crippen LogP contribution in [0.2, 0.25) is 0 Å². The molecule has 0 bridgehead atoms. The molecule has 0 aromatic heterocycles. The molecule has 0 atom stereocenters. The van der Waals surface area contributed by atoms with Gasteiger partial charge in [-0.1, -0.05) is 0 Å². The lowest BCUT2D eigenvalue weighted by Crippen LogP contribution is -2.22. The third kappa shape index (κ3) is 4.45. The highest BCUT2D eigenvalue weighted by Gasteiger charge is 2.39. The second kappa shape index (κ2) is 6.70. The molecule has 0 heterocycles. The molecule has 0 amide bonds. The molecule has 0 spiro atoms. The molecular formula is C14H10F3NO3. The Kier molecular flexibility index (Phi) is 5.24. The number of carbonyl (C=O) groups excluding carboxylic acids is 2. The molecule has 4 nitrogen and oxygen atoms in total. The summed E-state index contributed by atoms with van der Waals surface area (Å²) in [4.78, 5) is 23.0. The first-order chi connectivity index (χ1) is 9.79. The SMILES string of the molecule is CCOC(=O)/C=C(\C(=O)c1ccc(C#N)cc1)C(F)(F)F. The average Bonchev–Trinajstić information content (AvgIpc) is 2.43. The van der Waals surface area contributed by atoms with Crippen molar-refractivity contribution in [1.82, 2.24) is 0 Å². The number of rotatable bonds is 4. The van der Waals surface area contributed by atoms with Crippen LogP contribution in [0, 0.1) is 11.3 Å². The van der Waals surface area contributed by atoms with Crippen molar-refractivity contribution in [3.63, 3.8) is 0 Å². The highest BCUT2D eigenvalue weighted by molar-refractivity contribution is 6.12. The van der Waals surface area contributed by atoms with Gasteiger partial charge in [0.05, 0.1) is 18.2 Å². The van der Waals surface area contributed by atoms with E-state index in [1.165, 1.54) is 19.1 Å². The summed E-state index contributed by atoms with van der Waals surface area (Å²) >= 11 is 0. The van der Waals surface area contributed by atoms with Gasteiger partial charge in [-0.15, -0.1) is 0 Å². The number of ether oxygens (including phenoxy) is 1. The molecule has 0 radical (unpaired) electrons. The van der Waals surface area contributed by atoms with Crippen molar-refractivity contribution in [3.8, 4) is 6.07 Å². The van der Waals surface area contributed by atoms with E-state index in [-0.39, 0.29) is 23.8 Å². The van der Waals surface area contributed by atoms with Crippen LogP contribution in [0.3, 0.4) is 0 Å². The molecule has 110 valence electrons. The summed E-state index contributed by atoms with van der Waals surface area (Å²) in [6.45, 7) is 1.33. The lowest BCUT2D eigenvalue weighted by molar-refractivity contribution is -0.138. The molecule has 0 unspecified atom stereocenters. The second-order valence-corrected chi connectivity index (χ2v) is 3.83. The molecule has 0 N–H and O–H groups in total. The normalized spacial score (nSPS) is 11.7. The predicted octanol–water partition coefficient (Wildman–Crippen LogP) is 2.79. The number of ketones is 1. The highest BCUT2D eigenvalue weighted by Crippen LogP contribution is 2.28. The van der Waals surface area contributed by atoms with Gasteiger partial charge in [-0.2, -0.15) is 18.4 Å². The maximum absolute atomic E-state index is 12.9. The van der Waals surface area contributed by atoms with Gasteiger partial charge in [0.2, 0.25) is 0 Å². The minimum absolute atomic E-state index is 0.106. The minimum Gasteiger partial charge on any atom is -0.463 e. The van der Waals surface area contributed by atoms with Gasteiger partial charge < -0.3 is 4.74 Å². The molecule has 0 aliphatic carbocycles. The zero-order valence-corrected chi connectivity index (χ0v) is 10.9. The molecule has 0 fully saturated rings. The number of Topliss-reactive ketones (excluding diaryl/α,β-unsaturated/α-hetero) is 1. The zero-order valence-electron chi connectivity index (χ0n) is 10.9. The van der Waals surface area contributed by atoms with Crippen LogP contribution in [0.5, 0.6) is 0 Å². The summed E-state index contributed by atoms with van der Waals surface area (Å²) < 4.78 is 42.9. The summed E-state index contributed by atoms with van der Waals surface area (Å²) in [7, 11) is 0. The van der Waals surface area contributed by atoms with Crippen molar-refractivity contribution >= 4 is 11.8 Å². The van der Waals surface area contributed by atoms with Gasteiger partial charge in [0.25, 0.3) is 0 Å². The number of halogens is 3. The number of esters is 1. The molecule has 0 aliphatic heterocycles. The molecule has 0 saturated carbocycles. The fraction of sp³-hybridized carbons (Fsp3) is 0.214. The van der Waals surface area contributed by atoms with E-state index in [4.69, 9.17) is 5.26 Å². The Morgan fingerprint density at radius 1 is 1.29 bits per heavy atom. The first-order valence-corrected chi connectivity index (χ1v) is 5.80. The number of hydrogen-bond donors (Lipinski definition) is 0. The number of nitriles is 1. The van der Waals surface area contributed by atoms with Gasteiger partial charge in [-0.25, -0.2) is 4.79 Å². The standard InChI is InChI=1S/C14H10F3NO3/c1-2-21-12(19)7-11(14(15,16)17)13(20)10-5-3-9(8-18)4-6-10/h3-7H,2H2,1H3/b11-7+. The van der Waals surface area contributed by atoms with Crippen LogP contribution in [0.15, 0.2) is 35.9 Å². The van der Waals surface area contributed by atoms with E-state index in [9.17, 15) is 22.8 Å². The first kappa shape index (κ1) is 16.4. The summed E-state index contributed by atoms with van der Waals surface area (Å²) in [5.74, 6) is -2.60. The van der Waals surface area contributed by atoms with Gasteiger partial charge >= 0.3 is 12.1 Å². The van der Waals surface area contributed by atoms with E-state index >= 15 is 0 Å². The van der Waals surface area contributed by atoms with E-state index in [1.54, 1.807) is 6.07 Å². The van der Waals surface area contributed by atoms with Gasteiger partial charge in [0, 0.05) is 11.6 Å². The third-order valence-electron chi connectivity index (χ3n) is 2.37. The molecule has 1 rings (SSSR count). The summed E-state index contributed by atoms with van der Waals surface area (Å²) in [5, 5.41) is 8.60. The Labute approximate surface area is 118 Å². The van der Waals surface area contributed by atoms with Crippen molar-refractivity contribution in [2.75, 3.05) is 6.61 Å². The van der Waals surface area contributed by atoms with Crippen molar-refractivity contribution in [2.24, 2.45) is 0 Å². The molecule has 21 heavy (non-hydrogen) atoms. The van der Waals surface area contributed by atoms with E-state index in [1.807, 2.05) is 0 Å². The van der Waals surface area contributed by atoms with Gasteiger partial charge in [0.1, 0.15) is 5.57 Å². The largest absolute Gasteiger partial charge is 0.463 e. The molecule has 1 aromatic rings. The van der Waals surface area contributed by atoms with Crippen molar-refractivity contribution in [2.45, 2.75) is 13.1 Å². The Morgan fingerprint density at radius 2 is 1.86 bits per heavy atom. The minimum atomic E-state index is -4.99. The number of nitrogens with zero attached hydrogens (tertiary/aromatic N) is 1. The molecule has 0 aliphatic rings. The van der Waals surface area contributed by atoms with Crippen LogP contribution in [-0.4, -0.2) is 24.5 Å². The number of hydrogen-bond acceptors (Lipinski definition) is 4. The first-order valence-electron chi connectivity index (χ1n) is 5.80.